The number of benzene rings is 2. The summed E-state index contributed by atoms with van der Waals surface area (Å²) in [4.78, 5) is 10.8. The number of unbranched alkanes of at least 4 members (excludes halogenated alkanes) is 1. The number of carboxylic acids is 1. The number of para-hydroxylation sites is 1. The lowest BCUT2D eigenvalue weighted by molar-refractivity contribution is -0.275. The van der Waals surface area contributed by atoms with Crippen molar-refractivity contribution in [1.29, 1.82) is 0 Å². The molecule has 0 saturated heterocycles. The summed E-state index contributed by atoms with van der Waals surface area (Å²) in [6.45, 7) is 1.02. The molecule has 0 aliphatic carbocycles. The van der Waals surface area contributed by atoms with Gasteiger partial charge in [-0.1, -0.05) is 62.2 Å². The average Bonchev–Trinajstić information content (AvgIpc) is 2.69. The van der Waals surface area contributed by atoms with E-state index in [0.29, 0.717) is 12.8 Å². The molecule has 0 aromatic heterocycles. The first kappa shape index (κ1) is 24.7. The van der Waals surface area contributed by atoms with Crippen molar-refractivity contribution in [2.24, 2.45) is 0 Å². The van der Waals surface area contributed by atoms with Crippen LogP contribution in [0.15, 0.2) is 59.5 Å². The summed E-state index contributed by atoms with van der Waals surface area (Å²) < 4.78 is 69.9. The highest BCUT2D eigenvalue weighted by molar-refractivity contribution is 7.89. The summed E-state index contributed by atoms with van der Waals surface area (Å²) in [6.07, 6.45) is -3.19. The molecule has 0 bridgehead atoms. The zero-order valence-electron chi connectivity index (χ0n) is 16.9. The Morgan fingerprint density at radius 3 is 2.29 bits per heavy atom. The second-order valence-electron chi connectivity index (χ2n) is 6.92. The van der Waals surface area contributed by atoms with Gasteiger partial charge in [-0.25, -0.2) is 8.42 Å². The number of carboxylic acid groups (broad SMARTS) is 1. The van der Waals surface area contributed by atoms with E-state index in [1.165, 1.54) is 12.1 Å². The lowest BCUT2D eigenvalue weighted by Gasteiger charge is -2.30. The fraction of sp³-hybridized carbons (Fsp3) is 0.381. The number of halogens is 3. The zero-order chi connectivity index (χ0) is 23.1. The molecule has 1 N–H and O–H groups in total. The first-order valence-electron chi connectivity index (χ1n) is 9.67. The number of hydrogen-bond donors (Lipinski definition) is 1. The van der Waals surface area contributed by atoms with Gasteiger partial charge in [-0.05, 0) is 30.5 Å². The molecule has 0 aliphatic rings. The molecule has 0 fully saturated rings. The SMILES string of the molecule is CCCC[C@@H](Cc1ccccc1)N(CC(=O)O)S(=O)(=O)c1ccccc1OC(F)(F)F. The van der Waals surface area contributed by atoms with Crippen molar-refractivity contribution in [3.63, 3.8) is 0 Å². The van der Waals surface area contributed by atoms with Crippen LogP contribution in [-0.4, -0.2) is 42.7 Å². The number of nitrogens with zero attached hydrogens (tertiary/aromatic N) is 1. The molecule has 2 aromatic carbocycles. The average molecular weight is 459 g/mol. The molecule has 0 spiro atoms. The Bertz CT molecular complexity index is 964. The fourth-order valence-corrected chi connectivity index (χ4v) is 4.94. The molecule has 0 saturated carbocycles. The van der Waals surface area contributed by atoms with Crippen molar-refractivity contribution in [2.75, 3.05) is 6.54 Å². The summed E-state index contributed by atoms with van der Waals surface area (Å²) >= 11 is 0. The lowest BCUT2D eigenvalue weighted by Crippen LogP contribution is -2.44. The smallest absolute Gasteiger partial charge is 0.480 e. The normalized spacial score (nSPS) is 13.2. The van der Waals surface area contributed by atoms with Crippen molar-refractivity contribution < 1.29 is 36.2 Å². The molecule has 0 heterocycles. The third kappa shape index (κ3) is 7.25. The Morgan fingerprint density at radius 2 is 1.71 bits per heavy atom. The number of aliphatic carboxylic acids is 1. The van der Waals surface area contributed by atoms with E-state index in [9.17, 15) is 31.5 Å². The van der Waals surface area contributed by atoms with Crippen LogP contribution in [0.5, 0.6) is 5.75 Å². The maximum Gasteiger partial charge on any atom is 0.573 e. The van der Waals surface area contributed by atoms with Crippen molar-refractivity contribution in [1.82, 2.24) is 4.31 Å². The number of ether oxygens (including phenoxy) is 1. The minimum atomic E-state index is -5.10. The van der Waals surface area contributed by atoms with E-state index >= 15 is 0 Å². The van der Waals surface area contributed by atoms with E-state index in [2.05, 4.69) is 4.74 Å². The van der Waals surface area contributed by atoms with Gasteiger partial charge in [-0.2, -0.15) is 4.31 Å². The van der Waals surface area contributed by atoms with Crippen LogP contribution in [0.4, 0.5) is 13.2 Å². The molecular formula is C21H24F3NO5S. The van der Waals surface area contributed by atoms with Crippen LogP contribution < -0.4 is 4.74 Å². The summed E-state index contributed by atoms with van der Waals surface area (Å²) in [5, 5.41) is 9.37. The quantitative estimate of drug-likeness (QED) is 0.536. The van der Waals surface area contributed by atoms with Gasteiger partial charge in [0.05, 0.1) is 0 Å². The van der Waals surface area contributed by atoms with Crippen molar-refractivity contribution in [3.8, 4) is 5.75 Å². The van der Waals surface area contributed by atoms with Gasteiger partial charge in [0.15, 0.2) is 0 Å². The number of hydrogen-bond acceptors (Lipinski definition) is 4. The maximum absolute atomic E-state index is 13.4. The van der Waals surface area contributed by atoms with Gasteiger partial charge in [-0.15, -0.1) is 13.2 Å². The molecule has 0 radical (unpaired) electrons. The van der Waals surface area contributed by atoms with Gasteiger partial charge in [0, 0.05) is 6.04 Å². The Balaban J connectivity index is 2.52. The molecule has 0 aliphatic heterocycles. The van der Waals surface area contributed by atoms with Crippen LogP contribution in [-0.2, 0) is 21.2 Å². The minimum Gasteiger partial charge on any atom is -0.480 e. The van der Waals surface area contributed by atoms with Gasteiger partial charge < -0.3 is 9.84 Å². The Labute approximate surface area is 179 Å². The predicted octanol–water partition coefficient (Wildman–Crippen LogP) is 4.46. The highest BCUT2D eigenvalue weighted by atomic mass is 32.2. The number of sulfonamides is 1. The van der Waals surface area contributed by atoms with Gasteiger partial charge >= 0.3 is 12.3 Å². The molecule has 1 atom stereocenters. The van der Waals surface area contributed by atoms with E-state index in [1.54, 1.807) is 30.3 Å². The number of carbonyl (C=O) groups is 1. The molecular weight excluding hydrogens is 435 g/mol. The molecule has 31 heavy (non-hydrogen) atoms. The third-order valence-electron chi connectivity index (χ3n) is 4.56. The molecule has 6 nitrogen and oxygen atoms in total. The van der Waals surface area contributed by atoms with Gasteiger partial charge in [0.1, 0.15) is 17.2 Å². The van der Waals surface area contributed by atoms with Crippen molar-refractivity contribution in [2.45, 2.75) is 49.9 Å². The van der Waals surface area contributed by atoms with Gasteiger partial charge in [0.25, 0.3) is 0 Å². The molecule has 2 rings (SSSR count). The molecule has 0 amide bonds. The van der Waals surface area contributed by atoms with Crippen LogP contribution in [0, 0.1) is 0 Å². The Morgan fingerprint density at radius 1 is 1.10 bits per heavy atom. The van der Waals surface area contributed by atoms with Crippen molar-refractivity contribution in [3.05, 3.63) is 60.2 Å². The third-order valence-corrected chi connectivity index (χ3v) is 6.50. The molecule has 0 unspecified atom stereocenters. The topological polar surface area (TPSA) is 83.9 Å². The van der Waals surface area contributed by atoms with Gasteiger partial charge in [-0.3, -0.25) is 4.79 Å². The monoisotopic (exact) mass is 459 g/mol. The van der Waals surface area contributed by atoms with Crippen LogP contribution in [0.3, 0.4) is 0 Å². The number of alkyl halides is 3. The number of rotatable bonds is 11. The van der Waals surface area contributed by atoms with Crippen LogP contribution >= 0.6 is 0 Å². The van der Waals surface area contributed by atoms with E-state index in [1.807, 2.05) is 6.92 Å². The van der Waals surface area contributed by atoms with E-state index in [4.69, 9.17) is 0 Å². The minimum absolute atomic E-state index is 0.218. The van der Waals surface area contributed by atoms with Crippen LogP contribution in [0.2, 0.25) is 0 Å². The highest BCUT2D eigenvalue weighted by Crippen LogP contribution is 2.33. The summed E-state index contributed by atoms with van der Waals surface area (Å²) in [6, 6.07) is 12.5. The summed E-state index contributed by atoms with van der Waals surface area (Å²) in [5.41, 5.74) is 0.786. The second-order valence-corrected chi connectivity index (χ2v) is 8.78. The molecule has 170 valence electrons. The van der Waals surface area contributed by atoms with Gasteiger partial charge in [0.2, 0.25) is 10.0 Å². The first-order valence-corrected chi connectivity index (χ1v) is 11.1. The van der Waals surface area contributed by atoms with E-state index in [0.717, 1.165) is 28.4 Å². The van der Waals surface area contributed by atoms with Crippen molar-refractivity contribution >= 4 is 16.0 Å². The lowest BCUT2D eigenvalue weighted by atomic mass is 10.0. The second kappa shape index (κ2) is 10.6. The van der Waals surface area contributed by atoms with E-state index < -0.39 is 45.6 Å². The molecule has 10 heteroatoms. The Kier molecular flexibility index (Phi) is 8.46. The maximum atomic E-state index is 13.4. The van der Waals surface area contributed by atoms with Crippen LogP contribution in [0.25, 0.3) is 0 Å². The summed E-state index contributed by atoms with van der Waals surface area (Å²) in [5.74, 6) is -2.31. The molecule has 2 aromatic rings. The largest absolute Gasteiger partial charge is 0.573 e. The fourth-order valence-electron chi connectivity index (χ4n) is 3.22. The van der Waals surface area contributed by atoms with Crippen LogP contribution in [0.1, 0.15) is 31.7 Å². The standard InChI is InChI=1S/C21H24F3NO5S/c1-2-3-11-17(14-16-9-5-4-6-10-16)25(15-20(26)27)31(28,29)19-13-8-7-12-18(19)30-21(22,23)24/h4-10,12-13,17H,2-3,11,14-15H2,1H3,(H,26,27)/t17-/m0/s1. The first-order chi connectivity index (χ1) is 14.5. The summed E-state index contributed by atoms with van der Waals surface area (Å²) in [7, 11) is -4.62. The predicted molar refractivity (Wildman–Crippen MR) is 108 cm³/mol. The zero-order valence-corrected chi connectivity index (χ0v) is 17.7. The Hall–Kier alpha value is -2.59. The highest BCUT2D eigenvalue weighted by Gasteiger charge is 2.38. The van der Waals surface area contributed by atoms with E-state index in [-0.39, 0.29) is 6.42 Å².